The first-order chi connectivity index (χ1) is 41.4. The monoisotopic (exact) mass is 1210 g/mol. The smallest absolute Gasteiger partial charge is 0.306 e. The lowest BCUT2D eigenvalue weighted by molar-refractivity contribution is -0.870. The number of phosphoric acid groups is 1. The highest BCUT2D eigenvalue weighted by molar-refractivity contribution is 7.45. The molecule has 1 N–H and O–H groups in total. The van der Waals surface area contributed by atoms with E-state index in [0.717, 1.165) is 89.9 Å². The summed E-state index contributed by atoms with van der Waals surface area (Å²) in [5.41, 5.74) is 0. The molecule has 1 amide bonds. The fourth-order valence-corrected chi connectivity index (χ4v) is 11.2. The van der Waals surface area contributed by atoms with Crippen LogP contribution in [0.25, 0.3) is 0 Å². The fraction of sp³-hybridized carbons (Fsp3) is 0.813. The molecule has 3 unspecified atom stereocenters. The third-order valence-electron chi connectivity index (χ3n) is 16.1. The molecule has 0 bridgehead atoms. The van der Waals surface area contributed by atoms with Crippen molar-refractivity contribution in [1.29, 1.82) is 0 Å². The van der Waals surface area contributed by atoms with Crippen molar-refractivity contribution in [2.75, 3.05) is 40.9 Å². The third-order valence-corrected chi connectivity index (χ3v) is 17.1. The van der Waals surface area contributed by atoms with E-state index in [1.165, 1.54) is 218 Å². The molecule has 0 rings (SSSR count). The Hall–Kier alpha value is -2.55. The van der Waals surface area contributed by atoms with Crippen LogP contribution in [0, 0.1) is 0 Å². The Morgan fingerprint density at radius 1 is 0.412 bits per heavy atom. The first-order valence-electron chi connectivity index (χ1n) is 36.2. The van der Waals surface area contributed by atoms with Crippen LogP contribution in [0.5, 0.6) is 0 Å². The minimum Gasteiger partial charge on any atom is -0.756 e. The van der Waals surface area contributed by atoms with Crippen molar-refractivity contribution in [3.63, 3.8) is 0 Å². The average molecular weight is 1210 g/mol. The van der Waals surface area contributed by atoms with Crippen LogP contribution in [-0.4, -0.2) is 69.4 Å². The predicted octanol–water partition coefficient (Wildman–Crippen LogP) is 22.5. The second-order valence-electron chi connectivity index (χ2n) is 25.7. The van der Waals surface area contributed by atoms with Crippen molar-refractivity contribution in [3.05, 3.63) is 72.9 Å². The van der Waals surface area contributed by atoms with E-state index < -0.39 is 26.6 Å². The van der Waals surface area contributed by atoms with Gasteiger partial charge in [-0.15, -0.1) is 0 Å². The number of amides is 1. The van der Waals surface area contributed by atoms with Crippen LogP contribution in [0.2, 0.25) is 0 Å². The van der Waals surface area contributed by atoms with Gasteiger partial charge in [-0.05, 0) is 102 Å². The van der Waals surface area contributed by atoms with Crippen LogP contribution < -0.4 is 10.2 Å². The van der Waals surface area contributed by atoms with Crippen LogP contribution in [0.15, 0.2) is 72.9 Å². The van der Waals surface area contributed by atoms with Crippen LogP contribution in [0.1, 0.15) is 342 Å². The predicted molar refractivity (Wildman–Crippen MR) is 367 cm³/mol. The van der Waals surface area contributed by atoms with Gasteiger partial charge in [0.1, 0.15) is 19.3 Å². The van der Waals surface area contributed by atoms with E-state index >= 15 is 0 Å². The summed E-state index contributed by atoms with van der Waals surface area (Å²) in [6.45, 7) is 6.82. The van der Waals surface area contributed by atoms with E-state index in [4.69, 9.17) is 13.8 Å². The molecule has 0 aromatic carbocycles. The molecule has 0 radical (unpaired) electrons. The molecule has 0 aliphatic heterocycles. The average Bonchev–Trinajstić information content (AvgIpc) is 3.63. The van der Waals surface area contributed by atoms with Gasteiger partial charge in [0.05, 0.1) is 33.8 Å². The normalized spacial score (nSPS) is 13.9. The number of unbranched alkanes of at least 4 members (excludes halogenated alkanes) is 40. The van der Waals surface area contributed by atoms with Gasteiger partial charge in [0.25, 0.3) is 7.82 Å². The SMILES string of the molecule is CCCCC/C=C\C/C=C\C/C=C\CCCCCCCCCCC(=O)OC(/C=C\CCCCCCCCCCC)C(COP(=O)([O-])OCC[N+](C)(C)C)NC(=O)CCCCCCCCCCCCCCCCCCC/C=C\C/C=C\CCCCC. The lowest BCUT2D eigenvalue weighted by Crippen LogP contribution is -2.47. The number of allylic oxidation sites excluding steroid dienone is 11. The maximum Gasteiger partial charge on any atom is 0.306 e. The summed E-state index contributed by atoms with van der Waals surface area (Å²) >= 11 is 0. The number of carbonyl (C=O) groups excluding carboxylic acids is 2. The van der Waals surface area contributed by atoms with E-state index in [-0.39, 0.29) is 24.9 Å². The minimum absolute atomic E-state index is 0.0242. The number of ether oxygens (including phenoxy) is 1. The summed E-state index contributed by atoms with van der Waals surface area (Å²) in [4.78, 5) is 40.2. The number of rotatable bonds is 66. The van der Waals surface area contributed by atoms with Gasteiger partial charge >= 0.3 is 5.97 Å². The number of likely N-dealkylation sites (N-methyl/N-ethyl adjacent to an activating group) is 1. The van der Waals surface area contributed by atoms with E-state index in [1.54, 1.807) is 0 Å². The van der Waals surface area contributed by atoms with Crippen LogP contribution in [0.4, 0.5) is 0 Å². The quantitative estimate of drug-likeness (QED) is 0.0212. The summed E-state index contributed by atoms with van der Waals surface area (Å²) in [5.74, 6) is -0.539. The molecular weight excluding hydrogens is 1070 g/mol. The Bertz CT molecular complexity index is 1680. The van der Waals surface area contributed by atoms with Gasteiger partial charge in [-0.3, -0.25) is 14.2 Å². The summed E-state index contributed by atoms with van der Waals surface area (Å²) < 4.78 is 30.4. The number of esters is 1. The van der Waals surface area contributed by atoms with E-state index in [9.17, 15) is 19.0 Å². The lowest BCUT2D eigenvalue weighted by atomic mass is 10.0. The molecule has 0 saturated heterocycles. The largest absolute Gasteiger partial charge is 0.756 e. The molecule has 85 heavy (non-hydrogen) atoms. The van der Waals surface area contributed by atoms with Crippen LogP contribution >= 0.6 is 7.82 Å². The van der Waals surface area contributed by atoms with Gasteiger partial charge < -0.3 is 28.5 Å². The summed E-state index contributed by atoms with van der Waals surface area (Å²) in [6.07, 6.45) is 84.6. The number of nitrogens with zero attached hydrogens (tertiary/aromatic N) is 1. The topological polar surface area (TPSA) is 114 Å². The number of nitrogens with one attached hydrogen (secondary N) is 1. The maximum absolute atomic E-state index is 13.6. The Morgan fingerprint density at radius 2 is 0.718 bits per heavy atom. The summed E-state index contributed by atoms with van der Waals surface area (Å²) in [5, 5.41) is 3.04. The Labute approximate surface area is 527 Å². The highest BCUT2D eigenvalue weighted by Gasteiger charge is 2.27. The van der Waals surface area contributed by atoms with Crippen molar-refractivity contribution in [1.82, 2.24) is 5.32 Å². The molecule has 0 spiro atoms. The van der Waals surface area contributed by atoms with E-state index in [2.05, 4.69) is 86.8 Å². The standard InChI is InChI=1S/C75H139N2O7P/c1-7-10-13-16-19-22-25-27-29-31-33-35-36-37-38-39-40-42-43-45-47-49-52-55-58-61-64-67-74(78)76-72(71-83-85(80,81)82-70-69-77(4,5)6)73(66-63-60-57-54-51-24-21-18-15-12-9-3)84-75(79)68-65-62-59-56-53-50-48-46-44-41-34-32-30-28-26-23-20-17-14-11-8-2/h19-20,22-23,27-30,34,41,63,66,72-73H,7-18,21,24-26,31-33,35-40,42-62,64-65,67-71H2,1-6H3,(H-,76,78,80,81)/b22-19-,23-20-,29-27-,30-28-,41-34-,66-63-. The molecule has 0 aliphatic rings. The second kappa shape index (κ2) is 64.4. The van der Waals surface area contributed by atoms with E-state index in [1.807, 2.05) is 33.3 Å². The number of phosphoric ester groups is 1. The Morgan fingerprint density at radius 3 is 1.09 bits per heavy atom. The lowest BCUT2D eigenvalue weighted by Gasteiger charge is -2.30. The molecule has 0 aromatic rings. The van der Waals surface area contributed by atoms with Crippen LogP contribution in [0.3, 0.4) is 0 Å². The highest BCUT2D eigenvalue weighted by atomic mass is 31.2. The summed E-state index contributed by atoms with van der Waals surface area (Å²) in [7, 11) is 1.19. The molecule has 0 aromatic heterocycles. The minimum atomic E-state index is -4.71. The molecular formula is C75H139N2O7P. The number of carbonyl (C=O) groups is 2. The highest BCUT2D eigenvalue weighted by Crippen LogP contribution is 2.38. The number of hydrogen-bond donors (Lipinski definition) is 1. The first kappa shape index (κ1) is 82.5. The summed E-state index contributed by atoms with van der Waals surface area (Å²) in [6, 6.07) is -0.893. The zero-order valence-electron chi connectivity index (χ0n) is 56.8. The third kappa shape index (κ3) is 65.7. The van der Waals surface area contributed by atoms with Crippen molar-refractivity contribution >= 4 is 19.7 Å². The zero-order valence-corrected chi connectivity index (χ0v) is 57.7. The molecule has 496 valence electrons. The Kier molecular flexibility index (Phi) is 62.5. The molecule has 9 nitrogen and oxygen atoms in total. The van der Waals surface area contributed by atoms with Gasteiger partial charge in [0.15, 0.2) is 0 Å². The van der Waals surface area contributed by atoms with Crippen molar-refractivity contribution in [2.45, 2.75) is 354 Å². The van der Waals surface area contributed by atoms with Crippen molar-refractivity contribution < 1.29 is 37.3 Å². The number of hydrogen-bond acceptors (Lipinski definition) is 7. The number of quaternary nitrogens is 1. The molecule has 10 heteroatoms. The second-order valence-corrected chi connectivity index (χ2v) is 27.1. The van der Waals surface area contributed by atoms with Gasteiger partial charge in [-0.25, -0.2) is 0 Å². The molecule has 0 aliphatic carbocycles. The van der Waals surface area contributed by atoms with Crippen molar-refractivity contribution in [3.8, 4) is 0 Å². The van der Waals surface area contributed by atoms with Gasteiger partial charge in [-0.1, -0.05) is 299 Å². The maximum atomic E-state index is 13.6. The van der Waals surface area contributed by atoms with Gasteiger partial charge in [-0.2, -0.15) is 0 Å². The molecule has 0 saturated carbocycles. The molecule has 0 heterocycles. The zero-order chi connectivity index (χ0) is 62.1. The van der Waals surface area contributed by atoms with Gasteiger partial charge in [0.2, 0.25) is 5.91 Å². The fourth-order valence-electron chi connectivity index (χ4n) is 10.5. The molecule has 3 atom stereocenters. The molecule has 0 fully saturated rings. The van der Waals surface area contributed by atoms with Crippen LogP contribution in [-0.2, 0) is 27.9 Å². The van der Waals surface area contributed by atoms with E-state index in [0.29, 0.717) is 17.4 Å². The van der Waals surface area contributed by atoms with Gasteiger partial charge in [0, 0.05) is 12.8 Å². The first-order valence-corrected chi connectivity index (χ1v) is 37.7. The van der Waals surface area contributed by atoms with Crippen molar-refractivity contribution in [2.24, 2.45) is 0 Å². The Balaban J connectivity index is 4.97.